The highest BCUT2D eigenvalue weighted by Crippen LogP contribution is 2.42. The van der Waals surface area contributed by atoms with Crippen molar-refractivity contribution >= 4 is 5.91 Å². The summed E-state index contributed by atoms with van der Waals surface area (Å²) in [6.07, 6.45) is 8.89. The average Bonchev–Trinajstić information content (AvgIpc) is 2.42. The van der Waals surface area contributed by atoms with Crippen molar-refractivity contribution < 1.29 is 4.79 Å². The summed E-state index contributed by atoms with van der Waals surface area (Å²) in [7, 11) is 0. The number of carbonyl (C=O) groups excluding carboxylic acids is 1. The lowest BCUT2D eigenvalue weighted by Crippen LogP contribution is -2.47. The third-order valence-electron chi connectivity index (χ3n) is 5.16. The molecule has 4 nitrogen and oxygen atoms in total. The van der Waals surface area contributed by atoms with Gasteiger partial charge in [-0.15, -0.1) is 0 Å². The Labute approximate surface area is 123 Å². The van der Waals surface area contributed by atoms with Gasteiger partial charge in [-0.25, -0.2) is 0 Å². The van der Waals surface area contributed by atoms with Crippen molar-refractivity contribution in [3.63, 3.8) is 0 Å². The van der Waals surface area contributed by atoms with Crippen LogP contribution in [0.4, 0.5) is 0 Å². The zero-order valence-electron chi connectivity index (χ0n) is 13.0. The first-order valence-corrected chi connectivity index (χ1v) is 8.39. The van der Waals surface area contributed by atoms with Gasteiger partial charge in [-0.3, -0.25) is 4.79 Å². The Hall–Kier alpha value is -0.610. The lowest BCUT2D eigenvalue weighted by atomic mass is 9.66. The molecule has 116 valence electrons. The van der Waals surface area contributed by atoms with Crippen LogP contribution in [0, 0.1) is 5.41 Å². The fourth-order valence-corrected chi connectivity index (χ4v) is 3.43. The number of nitrogens with two attached hydrogens (primary N) is 1. The average molecular weight is 281 g/mol. The molecule has 3 N–H and O–H groups in total. The van der Waals surface area contributed by atoms with Crippen LogP contribution >= 0.6 is 0 Å². The second-order valence-electron chi connectivity index (χ2n) is 6.77. The van der Waals surface area contributed by atoms with Gasteiger partial charge in [0.2, 0.25) is 5.91 Å². The molecule has 0 aromatic rings. The van der Waals surface area contributed by atoms with Crippen molar-refractivity contribution in [3.05, 3.63) is 0 Å². The fourth-order valence-electron chi connectivity index (χ4n) is 3.43. The van der Waals surface area contributed by atoms with Crippen molar-refractivity contribution in [2.24, 2.45) is 11.1 Å². The zero-order chi connectivity index (χ0) is 14.4. The van der Waals surface area contributed by atoms with Gasteiger partial charge in [0, 0.05) is 25.6 Å². The molecule has 1 aliphatic carbocycles. The number of carbonyl (C=O) groups is 1. The van der Waals surface area contributed by atoms with Crippen molar-refractivity contribution in [1.29, 1.82) is 0 Å². The molecule has 0 spiro atoms. The zero-order valence-corrected chi connectivity index (χ0v) is 13.0. The lowest BCUT2D eigenvalue weighted by molar-refractivity contribution is -0.125. The van der Waals surface area contributed by atoms with Crippen molar-refractivity contribution in [3.8, 4) is 0 Å². The first-order valence-electron chi connectivity index (χ1n) is 8.39. The van der Waals surface area contributed by atoms with Crippen molar-refractivity contribution in [2.45, 2.75) is 64.3 Å². The van der Waals surface area contributed by atoms with Crippen LogP contribution in [0.2, 0.25) is 0 Å². The lowest BCUT2D eigenvalue weighted by Gasteiger charge is -2.41. The van der Waals surface area contributed by atoms with Crippen LogP contribution in [0.1, 0.15) is 58.3 Å². The molecule has 1 amide bonds. The maximum atomic E-state index is 12.2. The smallest absolute Gasteiger partial charge is 0.220 e. The fraction of sp³-hybridized carbons (Fsp3) is 0.938. The number of likely N-dealkylation sites (tertiary alicyclic amines) is 1. The highest BCUT2D eigenvalue weighted by molar-refractivity contribution is 5.77. The number of hydrogen-bond donors (Lipinski definition) is 2. The number of amides is 1. The molecule has 2 fully saturated rings. The van der Waals surface area contributed by atoms with E-state index in [1.165, 1.54) is 25.8 Å². The van der Waals surface area contributed by atoms with Crippen LogP contribution in [-0.2, 0) is 4.79 Å². The second kappa shape index (κ2) is 7.41. The molecule has 1 heterocycles. The van der Waals surface area contributed by atoms with Crippen LogP contribution in [0.15, 0.2) is 0 Å². The molecule has 1 aliphatic heterocycles. The summed E-state index contributed by atoms with van der Waals surface area (Å²) < 4.78 is 0. The van der Waals surface area contributed by atoms with E-state index in [1.807, 2.05) is 0 Å². The predicted molar refractivity (Wildman–Crippen MR) is 82.5 cm³/mol. The van der Waals surface area contributed by atoms with Gasteiger partial charge < -0.3 is 16.0 Å². The molecule has 1 saturated heterocycles. The summed E-state index contributed by atoms with van der Waals surface area (Å²) in [5, 5.41) is 3.23. The first kappa shape index (κ1) is 15.8. The normalized spacial score (nSPS) is 23.3. The molecule has 0 radical (unpaired) electrons. The van der Waals surface area contributed by atoms with E-state index < -0.39 is 0 Å². The maximum absolute atomic E-state index is 12.2. The molecule has 2 rings (SSSR count). The molecule has 4 heteroatoms. The number of unbranched alkanes of at least 4 members (excludes halogenated alkanes) is 1. The molecule has 0 aromatic heterocycles. The molecule has 0 unspecified atom stereocenters. The van der Waals surface area contributed by atoms with E-state index in [2.05, 4.69) is 17.1 Å². The number of nitrogens with zero attached hydrogens (tertiary/aromatic N) is 1. The van der Waals surface area contributed by atoms with Crippen LogP contribution in [0.25, 0.3) is 0 Å². The van der Waals surface area contributed by atoms with Crippen molar-refractivity contribution in [2.75, 3.05) is 26.2 Å². The Morgan fingerprint density at radius 2 is 2.05 bits per heavy atom. The Morgan fingerprint density at radius 1 is 1.35 bits per heavy atom. The van der Waals surface area contributed by atoms with Gasteiger partial charge in [0.25, 0.3) is 0 Å². The third kappa shape index (κ3) is 4.19. The van der Waals surface area contributed by atoms with Gasteiger partial charge in [-0.1, -0.05) is 19.8 Å². The molecule has 1 saturated carbocycles. The third-order valence-corrected chi connectivity index (χ3v) is 5.16. The topological polar surface area (TPSA) is 58.4 Å². The first-order chi connectivity index (χ1) is 9.67. The quantitative estimate of drug-likeness (QED) is 0.749. The molecule has 0 aromatic carbocycles. The van der Waals surface area contributed by atoms with E-state index in [0.29, 0.717) is 19.0 Å². The monoisotopic (exact) mass is 281 g/mol. The van der Waals surface area contributed by atoms with Gasteiger partial charge in [-0.2, -0.15) is 0 Å². The Balaban J connectivity index is 1.66. The summed E-state index contributed by atoms with van der Waals surface area (Å²) in [6, 6.07) is 0.385. The van der Waals surface area contributed by atoms with E-state index >= 15 is 0 Å². The summed E-state index contributed by atoms with van der Waals surface area (Å²) in [6.45, 7) is 6.38. The molecular weight excluding hydrogens is 250 g/mol. The minimum absolute atomic E-state index is 0.131. The van der Waals surface area contributed by atoms with Crippen LogP contribution in [0.5, 0.6) is 0 Å². The van der Waals surface area contributed by atoms with E-state index in [9.17, 15) is 4.79 Å². The van der Waals surface area contributed by atoms with Gasteiger partial charge in [0.1, 0.15) is 0 Å². The van der Waals surface area contributed by atoms with E-state index in [-0.39, 0.29) is 11.3 Å². The highest BCUT2D eigenvalue weighted by atomic mass is 16.1. The maximum Gasteiger partial charge on any atom is 0.220 e. The van der Waals surface area contributed by atoms with Gasteiger partial charge in [0.15, 0.2) is 0 Å². The van der Waals surface area contributed by atoms with E-state index in [0.717, 1.165) is 38.8 Å². The number of hydrogen-bond acceptors (Lipinski definition) is 3. The predicted octanol–water partition coefficient (Wildman–Crippen LogP) is 1.89. The van der Waals surface area contributed by atoms with Crippen LogP contribution in [0.3, 0.4) is 0 Å². The molecule has 2 aliphatic rings. The summed E-state index contributed by atoms with van der Waals surface area (Å²) in [4.78, 5) is 14.7. The van der Waals surface area contributed by atoms with Crippen LogP contribution < -0.4 is 11.1 Å². The van der Waals surface area contributed by atoms with Crippen molar-refractivity contribution in [1.82, 2.24) is 10.2 Å². The summed E-state index contributed by atoms with van der Waals surface area (Å²) >= 11 is 0. The van der Waals surface area contributed by atoms with Crippen LogP contribution in [-0.4, -0.2) is 43.0 Å². The Bertz CT molecular complexity index is 301. The summed E-state index contributed by atoms with van der Waals surface area (Å²) in [5.74, 6) is 0.224. The molecule has 0 bridgehead atoms. The number of piperidine rings is 1. The largest absolute Gasteiger partial charge is 0.353 e. The standard InChI is InChI=1S/C16H31N3O/c1-2-3-9-19-10-5-14(6-11-19)18-15(20)12-16(13-17)7-4-8-16/h14H,2-13,17H2,1H3,(H,18,20). The Morgan fingerprint density at radius 3 is 2.55 bits per heavy atom. The Kier molecular flexibility index (Phi) is 5.85. The SMILES string of the molecule is CCCCN1CCC(NC(=O)CC2(CN)CCC2)CC1. The van der Waals surface area contributed by atoms with E-state index in [4.69, 9.17) is 5.73 Å². The number of nitrogens with one attached hydrogen (secondary N) is 1. The minimum Gasteiger partial charge on any atom is -0.353 e. The minimum atomic E-state index is 0.131. The highest BCUT2D eigenvalue weighted by Gasteiger charge is 2.37. The second-order valence-corrected chi connectivity index (χ2v) is 6.77. The molecule has 0 atom stereocenters. The number of rotatable bonds is 7. The molecule has 20 heavy (non-hydrogen) atoms. The molecular formula is C16H31N3O. The van der Waals surface area contributed by atoms with Gasteiger partial charge >= 0.3 is 0 Å². The van der Waals surface area contributed by atoms with Gasteiger partial charge in [-0.05, 0) is 50.6 Å². The summed E-state index contributed by atoms with van der Waals surface area (Å²) in [5.41, 5.74) is 5.96. The van der Waals surface area contributed by atoms with E-state index in [1.54, 1.807) is 0 Å². The van der Waals surface area contributed by atoms with Gasteiger partial charge in [0.05, 0.1) is 0 Å².